The van der Waals surface area contributed by atoms with Gasteiger partial charge in [-0.1, -0.05) is 0 Å². The topological polar surface area (TPSA) is 37.3 Å². The first-order valence-corrected chi connectivity index (χ1v) is 5.58. The second-order valence-electron chi connectivity index (χ2n) is 3.70. The van der Waals surface area contributed by atoms with Crippen LogP contribution >= 0.6 is 15.9 Å². The molecule has 2 aliphatic rings. The monoisotopic (exact) mass is 251 g/mol. The number of nitrogens with one attached hydrogen (secondary N) is 1. The summed E-state index contributed by atoms with van der Waals surface area (Å²) in [5, 5.41) is 3.18. The summed E-state index contributed by atoms with van der Waals surface area (Å²) in [6.45, 7) is 0.674. The highest BCUT2D eigenvalue weighted by Gasteiger charge is 2.31. The number of pyridine rings is 1. The van der Waals surface area contributed by atoms with E-state index in [0.717, 1.165) is 10.3 Å². The summed E-state index contributed by atoms with van der Waals surface area (Å²) in [6.07, 6.45) is 4.39. The Balaban J connectivity index is 2.10. The van der Waals surface area contributed by atoms with Gasteiger partial charge in [-0.3, -0.25) is 4.99 Å². The molecule has 1 aromatic heterocycles. The maximum absolute atomic E-state index is 4.52. The summed E-state index contributed by atoms with van der Waals surface area (Å²) in [6, 6.07) is 2.10. The zero-order valence-corrected chi connectivity index (χ0v) is 9.21. The molecule has 0 bridgehead atoms. The van der Waals surface area contributed by atoms with Crippen LogP contribution in [0, 0.1) is 5.92 Å². The number of hydrogen-bond acceptors (Lipinski definition) is 3. The van der Waals surface area contributed by atoms with Gasteiger partial charge in [-0.05, 0) is 34.8 Å². The standard InChI is InChI=1S/C10H10BrN3/c11-7-3-8-9(6-1-2-6)13-5-14-10(8)12-4-7/h3-4,6H,1-2,5H2,(H,12,14). The number of anilines is 1. The van der Waals surface area contributed by atoms with Crippen molar-refractivity contribution < 1.29 is 0 Å². The van der Waals surface area contributed by atoms with Gasteiger partial charge in [0.2, 0.25) is 0 Å². The first kappa shape index (κ1) is 8.41. The molecule has 3 rings (SSSR count). The Labute approximate surface area is 90.8 Å². The van der Waals surface area contributed by atoms with Crippen molar-refractivity contribution in [2.45, 2.75) is 12.8 Å². The SMILES string of the molecule is Brc1cnc2c(c1)C(C1CC1)=NCN2. The molecule has 1 aliphatic carbocycles. The van der Waals surface area contributed by atoms with Gasteiger partial charge in [0, 0.05) is 22.2 Å². The highest BCUT2D eigenvalue weighted by molar-refractivity contribution is 9.10. The molecule has 0 aromatic carbocycles. The molecule has 0 amide bonds. The largest absolute Gasteiger partial charge is 0.350 e. The van der Waals surface area contributed by atoms with E-state index < -0.39 is 0 Å². The van der Waals surface area contributed by atoms with Gasteiger partial charge in [-0.15, -0.1) is 0 Å². The number of hydrogen-bond donors (Lipinski definition) is 1. The molecule has 0 spiro atoms. The Morgan fingerprint density at radius 3 is 3.07 bits per heavy atom. The predicted molar refractivity (Wildman–Crippen MR) is 59.7 cm³/mol. The van der Waals surface area contributed by atoms with Crippen molar-refractivity contribution in [2.24, 2.45) is 10.9 Å². The predicted octanol–water partition coefficient (Wildman–Crippen LogP) is 2.43. The van der Waals surface area contributed by atoms with Crippen LogP contribution < -0.4 is 5.32 Å². The van der Waals surface area contributed by atoms with Crippen molar-refractivity contribution in [2.75, 3.05) is 12.0 Å². The molecule has 0 unspecified atom stereocenters. The zero-order chi connectivity index (χ0) is 9.54. The van der Waals surface area contributed by atoms with Crippen LogP contribution in [0.1, 0.15) is 18.4 Å². The molecule has 1 N–H and O–H groups in total. The number of aromatic nitrogens is 1. The van der Waals surface area contributed by atoms with Crippen LogP contribution in [0.3, 0.4) is 0 Å². The van der Waals surface area contributed by atoms with E-state index in [1.807, 2.05) is 6.20 Å². The van der Waals surface area contributed by atoms with E-state index in [1.165, 1.54) is 24.1 Å². The summed E-state index contributed by atoms with van der Waals surface area (Å²) in [5.74, 6) is 1.66. The van der Waals surface area contributed by atoms with Crippen molar-refractivity contribution in [1.82, 2.24) is 4.98 Å². The molecule has 3 nitrogen and oxygen atoms in total. The molecule has 0 saturated heterocycles. The molecule has 2 heterocycles. The number of nitrogens with zero attached hydrogens (tertiary/aromatic N) is 2. The van der Waals surface area contributed by atoms with Crippen LogP contribution in [0.2, 0.25) is 0 Å². The van der Waals surface area contributed by atoms with E-state index in [-0.39, 0.29) is 0 Å². The average molecular weight is 252 g/mol. The van der Waals surface area contributed by atoms with Crippen LogP contribution in [-0.2, 0) is 0 Å². The van der Waals surface area contributed by atoms with E-state index in [0.29, 0.717) is 12.6 Å². The van der Waals surface area contributed by atoms with Gasteiger partial charge in [0.1, 0.15) is 12.5 Å². The Kier molecular flexibility index (Phi) is 1.83. The minimum Gasteiger partial charge on any atom is -0.350 e. The molecular weight excluding hydrogens is 242 g/mol. The van der Waals surface area contributed by atoms with Gasteiger partial charge in [0.15, 0.2) is 0 Å². The van der Waals surface area contributed by atoms with E-state index in [2.05, 4.69) is 37.3 Å². The first-order chi connectivity index (χ1) is 6.84. The van der Waals surface area contributed by atoms with Gasteiger partial charge in [-0.25, -0.2) is 4.98 Å². The highest BCUT2D eigenvalue weighted by atomic mass is 79.9. The van der Waals surface area contributed by atoms with Crippen molar-refractivity contribution in [3.05, 3.63) is 22.3 Å². The Bertz CT molecular complexity index is 410. The molecular formula is C10H10BrN3. The summed E-state index contributed by atoms with van der Waals surface area (Å²) in [5.41, 5.74) is 2.42. The van der Waals surface area contributed by atoms with Crippen LogP contribution in [0.4, 0.5) is 5.82 Å². The Morgan fingerprint density at radius 1 is 1.43 bits per heavy atom. The lowest BCUT2D eigenvalue weighted by molar-refractivity contribution is 1.03. The number of fused-ring (bicyclic) bond motifs is 1. The minimum atomic E-state index is 0.674. The lowest BCUT2D eigenvalue weighted by Crippen LogP contribution is -2.18. The normalized spacial score (nSPS) is 19.6. The van der Waals surface area contributed by atoms with Crippen molar-refractivity contribution in [3.63, 3.8) is 0 Å². The van der Waals surface area contributed by atoms with E-state index in [4.69, 9.17) is 0 Å². The van der Waals surface area contributed by atoms with Gasteiger partial charge >= 0.3 is 0 Å². The quantitative estimate of drug-likeness (QED) is 0.833. The fourth-order valence-corrected chi connectivity index (χ4v) is 2.10. The number of halogens is 1. The molecule has 0 atom stereocenters. The highest BCUT2D eigenvalue weighted by Crippen LogP contribution is 2.36. The van der Waals surface area contributed by atoms with Gasteiger partial charge in [0.25, 0.3) is 0 Å². The first-order valence-electron chi connectivity index (χ1n) is 4.79. The van der Waals surface area contributed by atoms with Crippen LogP contribution in [0.5, 0.6) is 0 Å². The molecule has 0 radical (unpaired) electrons. The molecule has 14 heavy (non-hydrogen) atoms. The lowest BCUT2D eigenvalue weighted by atomic mass is 10.1. The summed E-state index contributed by atoms with van der Waals surface area (Å²) in [4.78, 5) is 8.86. The second-order valence-corrected chi connectivity index (χ2v) is 4.62. The molecule has 1 fully saturated rings. The third-order valence-corrected chi connectivity index (χ3v) is 3.02. The summed E-state index contributed by atoms with van der Waals surface area (Å²) >= 11 is 3.44. The molecule has 1 saturated carbocycles. The molecule has 1 aromatic rings. The molecule has 1 aliphatic heterocycles. The van der Waals surface area contributed by atoms with Crippen molar-refractivity contribution >= 4 is 27.5 Å². The van der Waals surface area contributed by atoms with E-state index in [9.17, 15) is 0 Å². The summed E-state index contributed by atoms with van der Waals surface area (Å²) < 4.78 is 1.02. The van der Waals surface area contributed by atoms with Crippen molar-refractivity contribution in [1.29, 1.82) is 0 Å². The fourth-order valence-electron chi connectivity index (χ4n) is 1.77. The van der Waals surface area contributed by atoms with Gasteiger partial charge < -0.3 is 5.32 Å². The third-order valence-electron chi connectivity index (χ3n) is 2.59. The van der Waals surface area contributed by atoms with E-state index >= 15 is 0 Å². The second kappa shape index (κ2) is 3.05. The number of rotatable bonds is 1. The summed E-state index contributed by atoms with van der Waals surface area (Å²) in [7, 11) is 0. The fraction of sp³-hybridized carbons (Fsp3) is 0.400. The van der Waals surface area contributed by atoms with Gasteiger partial charge in [-0.2, -0.15) is 0 Å². The molecule has 72 valence electrons. The van der Waals surface area contributed by atoms with Crippen LogP contribution in [0.25, 0.3) is 0 Å². The Hall–Kier alpha value is -0.900. The maximum Gasteiger partial charge on any atom is 0.136 e. The zero-order valence-electron chi connectivity index (χ0n) is 7.63. The Morgan fingerprint density at radius 2 is 2.29 bits per heavy atom. The minimum absolute atomic E-state index is 0.674. The molecule has 4 heteroatoms. The van der Waals surface area contributed by atoms with E-state index in [1.54, 1.807) is 0 Å². The van der Waals surface area contributed by atoms with Crippen molar-refractivity contribution in [3.8, 4) is 0 Å². The third kappa shape index (κ3) is 1.34. The van der Waals surface area contributed by atoms with Gasteiger partial charge in [0.05, 0.1) is 5.71 Å². The average Bonchev–Trinajstić information content (AvgIpc) is 3.00. The number of aliphatic imine (C=N–C) groups is 1. The smallest absolute Gasteiger partial charge is 0.136 e. The van der Waals surface area contributed by atoms with Crippen LogP contribution in [0.15, 0.2) is 21.7 Å². The maximum atomic E-state index is 4.52. The van der Waals surface area contributed by atoms with Crippen LogP contribution in [-0.4, -0.2) is 17.4 Å². The lowest BCUT2D eigenvalue weighted by Gasteiger charge is -2.17.